The van der Waals surface area contributed by atoms with Crippen LogP contribution in [0.15, 0.2) is 134 Å². The first-order chi connectivity index (χ1) is 34.5. The van der Waals surface area contributed by atoms with E-state index in [1.165, 1.54) is 64.2 Å². The molecule has 0 heterocycles. The quantitative estimate of drug-likeness (QED) is 0.0262. The zero-order valence-electron chi connectivity index (χ0n) is 45.0. The highest BCUT2D eigenvalue weighted by Crippen LogP contribution is 2.14. The van der Waals surface area contributed by atoms with Crippen LogP contribution in [-0.2, 0) is 28.6 Å². The van der Waals surface area contributed by atoms with Crippen LogP contribution < -0.4 is 0 Å². The third kappa shape index (κ3) is 54.5. The van der Waals surface area contributed by atoms with E-state index in [0.717, 1.165) is 122 Å². The molecule has 0 aromatic heterocycles. The first-order valence-electron chi connectivity index (χ1n) is 28.2. The smallest absolute Gasteiger partial charge is 0.306 e. The number of ether oxygens (including phenoxy) is 3. The van der Waals surface area contributed by atoms with Gasteiger partial charge in [0.1, 0.15) is 13.2 Å². The number of unbranched alkanes of at least 4 members (excludes halogenated alkanes) is 16. The first-order valence-corrected chi connectivity index (χ1v) is 28.2. The molecule has 0 aromatic carbocycles. The van der Waals surface area contributed by atoms with Crippen molar-refractivity contribution in [1.82, 2.24) is 0 Å². The van der Waals surface area contributed by atoms with Crippen molar-refractivity contribution in [2.45, 2.75) is 239 Å². The van der Waals surface area contributed by atoms with Crippen LogP contribution in [0.4, 0.5) is 0 Å². The first kappa shape index (κ1) is 65.5. The lowest BCUT2D eigenvalue weighted by molar-refractivity contribution is -0.167. The Balaban J connectivity index is 4.39. The van der Waals surface area contributed by atoms with Gasteiger partial charge in [-0.1, -0.05) is 238 Å². The molecule has 0 bridgehead atoms. The van der Waals surface area contributed by atoms with Crippen molar-refractivity contribution in [1.29, 1.82) is 0 Å². The second-order valence-corrected chi connectivity index (χ2v) is 18.1. The van der Waals surface area contributed by atoms with Gasteiger partial charge < -0.3 is 14.2 Å². The largest absolute Gasteiger partial charge is 0.462 e. The van der Waals surface area contributed by atoms with Gasteiger partial charge in [0.25, 0.3) is 0 Å². The molecule has 0 aliphatic carbocycles. The average Bonchev–Trinajstić information content (AvgIpc) is 3.36. The van der Waals surface area contributed by atoms with Gasteiger partial charge in [0.15, 0.2) is 6.10 Å². The second-order valence-electron chi connectivity index (χ2n) is 18.1. The molecule has 70 heavy (non-hydrogen) atoms. The van der Waals surface area contributed by atoms with Crippen molar-refractivity contribution in [2.75, 3.05) is 13.2 Å². The standard InChI is InChI=1S/C64H102O6/c1-4-7-10-13-16-19-21-23-25-27-29-31-32-34-35-37-39-41-43-45-48-51-54-57-63(66)69-60-61(59-68-62(65)56-53-50-47-18-15-12-9-6-3)70-64(67)58-55-52-49-46-44-42-40-38-36-33-30-28-26-24-22-20-17-14-11-8-5-2/h7-8,10-11,16-17,19-20,23-26,29-31,33-35,39,41,45,48,61H,4-6,9,12-15,18,21-22,27-28,32,36-38,40,42-44,46-47,49-60H2,1-3H3/b10-7-,11-8-,19-16-,20-17-,25-23-,26-24-,31-29-,33-30-,35-34-,41-39-,48-45-. The molecule has 0 aliphatic rings. The van der Waals surface area contributed by atoms with Crippen LogP contribution in [0.1, 0.15) is 233 Å². The van der Waals surface area contributed by atoms with E-state index in [4.69, 9.17) is 14.2 Å². The maximum Gasteiger partial charge on any atom is 0.306 e. The zero-order valence-corrected chi connectivity index (χ0v) is 45.0. The highest BCUT2D eigenvalue weighted by atomic mass is 16.6. The van der Waals surface area contributed by atoms with E-state index in [9.17, 15) is 14.4 Å². The zero-order chi connectivity index (χ0) is 50.7. The Bertz CT molecular complexity index is 1530. The molecule has 1 atom stereocenters. The lowest BCUT2D eigenvalue weighted by Gasteiger charge is -2.18. The van der Waals surface area contributed by atoms with Crippen LogP contribution in [0.3, 0.4) is 0 Å². The molecule has 0 rings (SSSR count). The van der Waals surface area contributed by atoms with Crippen molar-refractivity contribution in [2.24, 2.45) is 0 Å². The van der Waals surface area contributed by atoms with Crippen LogP contribution in [0.5, 0.6) is 0 Å². The van der Waals surface area contributed by atoms with E-state index in [2.05, 4.69) is 154 Å². The van der Waals surface area contributed by atoms with Gasteiger partial charge in [-0.15, -0.1) is 0 Å². The Hall–Kier alpha value is -4.45. The number of esters is 3. The van der Waals surface area contributed by atoms with E-state index in [1.54, 1.807) is 0 Å². The van der Waals surface area contributed by atoms with Crippen LogP contribution in [-0.4, -0.2) is 37.2 Å². The molecule has 0 aliphatic heterocycles. The van der Waals surface area contributed by atoms with Gasteiger partial charge in [0.2, 0.25) is 0 Å². The van der Waals surface area contributed by atoms with Crippen molar-refractivity contribution < 1.29 is 28.6 Å². The molecule has 0 fully saturated rings. The molecular weight excluding hydrogens is 865 g/mol. The van der Waals surface area contributed by atoms with Gasteiger partial charge in [0, 0.05) is 19.3 Å². The van der Waals surface area contributed by atoms with Crippen LogP contribution in [0, 0.1) is 0 Å². The lowest BCUT2D eigenvalue weighted by atomic mass is 10.1. The summed E-state index contributed by atoms with van der Waals surface area (Å²) < 4.78 is 16.7. The Morgan fingerprint density at radius 2 is 0.571 bits per heavy atom. The van der Waals surface area contributed by atoms with E-state index in [1.807, 2.05) is 0 Å². The molecule has 1 unspecified atom stereocenters. The molecule has 0 radical (unpaired) electrons. The maximum atomic E-state index is 12.8. The highest BCUT2D eigenvalue weighted by Gasteiger charge is 2.19. The minimum absolute atomic E-state index is 0.103. The van der Waals surface area contributed by atoms with Crippen LogP contribution in [0.25, 0.3) is 0 Å². The molecular formula is C64H102O6. The number of carbonyl (C=O) groups excluding carboxylic acids is 3. The van der Waals surface area contributed by atoms with Crippen molar-refractivity contribution in [3.63, 3.8) is 0 Å². The molecule has 394 valence electrons. The number of hydrogen-bond acceptors (Lipinski definition) is 6. The Labute approximate surface area is 430 Å². The topological polar surface area (TPSA) is 78.9 Å². The summed E-state index contributed by atoms with van der Waals surface area (Å²) in [4.78, 5) is 38.0. The van der Waals surface area contributed by atoms with E-state index >= 15 is 0 Å². The molecule has 6 nitrogen and oxygen atoms in total. The lowest BCUT2D eigenvalue weighted by Crippen LogP contribution is -2.30. The summed E-state index contributed by atoms with van der Waals surface area (Å²) in [5.41, 5.74) is 0. The monoisotopic (exact) mass is 967 g/mol. The van der Waals surface area contributed by atoms with Crippen molar-refractivity contribution >= 4 is 17.9 Å². The summed E-state index contributed by atoms with van der Waals surface area (Å²) in [5.74, 6) is -0.983. The normalized spacial score (nSPS) is 13.1. The fraction of sp³-hybridized carbons (Fsp3) is 0.609. The van der Waals surface area contributed by atoms with Gasteiger partial charge in [-0.25, -0.2) is 0 Å². The minimum Gasteiger partial charge on any atom is -0.462 e. The van der Waals surface area contributed by atoms with Gasteiger partial charge in [-0.3, -0.25) is 14.4 Å². The van der Waals surface area contributed by atoms with Gasteiger partial charge in [0.05, 0.1) is 0 Å². The van der Waals surface area contributed by atoms with Crippen molar-refractivity contribution in [3.05, 3.63) is 134 Å². The summed E-state index contributed by atoms with van der Waals surface area (Å²) >= 11 is 0. The van der Waals surface area contributed by atoms with Crippen LogP contribution >= 0.6 is 0 Å². The molecule has 0 amide bonds. The summed E-state index contributed by atoms with van der Waals surface area (Å²) in [6.07, 6.45) is 80.3. The molecule has 0 saturated heterocycles. The average molecular weight is 968 g/mol. The van der Waals surface area contributed by atoms with Gasteiger partial charge in [-0.05, 0) is 109 Å². The third-order valence-corrected chi connectivity index (χ3v) is 11.4. The number of allylic oxidation sites excluding steroid dienone is 22. The molecule has 0 spiro atoms. The molecule has 6 heteroatoms. The minimum atomic E-state index is -0.808. The molecule has 0 aromatic rings. The van der Waals surface area contributed by atoms with Gasteiger partial charge >= 0.3 is 17.9 Å². The number of carbonyl (C=O) groups is 3. The third-order valence-electron chi connectivity index (χ3n) is 11.4. The Morgan fingerprint density at radius 3 is 0.929 bits per heavy atom. The maximum absolute atomic E-state index is 12.8. The highest BCUT2D eigenvalue weighted by molar-refractivity contribution is 5.71. The van der Waals surface area contributed by atoms with Gasteiger partial charge in [-0.2, -0.15) is 0 Å². The molecule has 0 saturated carbocycles. The number of hydrogen-bond donors (Lipinski definition) is 0. The summed E-state index contributed by atoms with van der Waals surface area (Å²) in [7, 11) is 0. The fourth-order valence-corrected chi connectivity index (χ4v) is 7.24. The Kier molecular flexibility index (Phi) is 53.5. The predicted molar refractivity (Wildman–Crippen MR) is 302 cm³/mol. The predicted octanol–water partition coefficient (Wildman–Crippen LogP) is 19.0. The van der Waals surface area contributed by atoms with Crippen LogP contribution in [0.2, 0.25) is 0 Å². The summed E-state index contributed by atoms with van der Waals surface area (Å²) in [6.45, 7) is 6.32. The summed E-state index contributed by atoms with van der Waals surface area (Å²) in [6, 6.07) is 0. The number of rotatable bonds is 49. The molecule has 0 N–H and O–H groups in total. The Morgan fingerprint density at radius 1 is 0.300 bits per heavy atom. The SMILES string of the molecule is CC/C=C\C/C=C\C/C=C\C/C=C\C/C=C\C/C=C\C/C=C\CCCC(=O)OCC(COC(=O)CCCCCCCCCC)OC(=O)CCCCCCCCCC/C=C\C/C=C\C/C=C\C/C=C\CC. The van der Waals surface area contributed by atoms with E-state index in [0.29, 0.717) is 19.3 Å². The van der Waals surface area contributed by atoms with E-state index in [-0.39, 0.29) is 37.5 Å². The fourth-order valence-electron chi connectivity index (χ4n) is 7.24. The summed E-state index contributed by atoms with van der Waals surface area (Å²) in [5, 5.41) is 0. The van der Waals surface area contributed by atoms with E-state index < -0.39 is 6.10 Å². The second kappa shape index (κ2) is 57.1. The van der Waals surface area contributed by atoms with Crippen molar-refractivity contribution in [3.8, 4) is 0 Å².